The monoisotopic (exact) mass is 516 g/mol. The first-order valence-corrected chi connectivity index (χ1v) is 13.8. The van der Waals surface area contributed by atoms with Crippen LogP contribution in [-0.4, -0.2) is 47.4 Å². The number of amides is 2. The lowest BCUT2D eigenvalue weighted by Crippen LogP contribution is -2.45. The molecule has 0 saturated carbocycles. The van der Waals surface area contributed by atoms with Crippen molar-refractivity contribution >= 4 is 23.2 Å². The van der Waals surface area contributed by atoms with E-state index >= 15 is 0 Å². The molecule has 2 heterocycles. The molecule has 1 saturated heterocycles. The molecule has 2 unspecified atom stereocenters. The van der Waals surface area contributed by atoms with Crippen molar-refractivity contribution in [3.05, 3.63) is 57.5 Å². The summed E-state index contributed by atoms with van der Waals surface area (Å²) in [6.45, 7) is 12.7. The molecule has 2 amide bonds. The van der Waals surface area contributed by atoms with Gasteiger partial charge >= 0.3 is 0 Å². The molecule has 0 spiro atoms. The molecule has 0 N–H and O–H groups in total. The van der Waals surface area contributed by atoms with E-state index in [-0.39, 0.29) is 41.6 Å². The molecule has 0 radical (unpaired) electrons. The van der Waals surface area contributed by atoms with E-state index in [1.807, 2.05) is 18.4 Å². The summed E-state index contributed by atoms with van der Waals surface area (Å²) in [4.78, 5) is 31.7. The Labute approximate surface area is 219 Å². The van der Waals surface area contributed by atoms with Crippen molar-refractivity contribution in [2.75, 3.05) is 19.7 Å². The summed E-state index contributed by atoms with van der Waals surface area (Å²) in [5.41, 5.74) is 2.13. The Hall–Kier alpha value is -2.25. The van der Waals surface area contributed by atoms with E-state index in [0.717, 1.165) is 35.3 Å². The van der Waals surface area contributed by atoms with Gasteiger partial charge in [0, 0.05) is 31.0 Å². The van der Waals surface area contributed by atoms with Gasteiger partial charge in [0.15, 0.2) is 0 Å². The van der Waals surface area contributed by atoms with E-state index in [1.165, 1.54) is 12.1 Å². The summed E-state index contributed by atoms with van der Waals surface area (Å²) in [5, 5.41) is 2.02. The number of thiophene rings is 1. The van der Waals surface area contributed by atoms with Gasteiger partial charge in [-0.15, -0.1) is 11.3 Å². The number of hydrogen-bond donors (Lipinski definition) is 0. The van der Waals surface area contributed by atoms with Gasteiger partial charge in [0.05, 0.1) is 19.2 Å². The Balaban J connectivity index is 1.76. The maximum Gasteiger partial charge on any atom is 0.242 e. The third-order valence-electron chi connectivity index (χ3n) is 6.55. The summed E-state index contributed by atoms with van der Waals surface area (Å²) in [6.07, 6.45) is 3.22. The number of aryl methyl sites for hydroxylation is 1. The molecule has 1 aromatic carbocycles. The number of carbonyl (C=O) groups is 2. The van der Waals surface area contributed by atoms with Crippen LogP contribution in [0.25, 0.3) is 0 Å². The van der Waals surface area contributed by atoms with Crippen molar-refractivity contribution < 1.29 is 18.7 Å². The van der Waals surface area contributed by atoms with Gasteiger partial charge in [-0.3, -0.25) is 9.59 Å². The molecule has 1 fully saturated rings. The molecule has 36 heavy (non-hydrogen) atoms. The van der Waals surface area contributed by atoms with E-state index in [9.17, 15) is 14.0 Å². The fraction of sp³-hybridized carbons (Fsp3) is 0.586. The number of hydrogen-bond acceptors (Lipinski definition) is 4. The van der Waals surface area contributed by atoms with E-state index in [2.05, 4.69) is 27.7 Å². The Morgan fingerprint density at radius 2 is 1.83 bits per heavy atom. The Kier molecular flexibility index (Phi) is 10.1. The zero-order valence-corrected chi connectivity index (χ0v) is 23.2. The SMILES string of the molecule is Cc1ccsc1CN(Cc1ccc(F)cc1)C(=O)CN(CC1CCCO1)C(=O)CC(C)CC(C)(C)C. The fourth-order valence-electron chi connectivity index (χ4n) is 4.88. The minimum Gasteiger partial charge on any atom is -0.376 e. The molecule has 3 rings (SSSR count). The second kappa shape index (κ2) is 12.8. The summed E-state index contributed by atoms with van der Waals surface area (Å²) in [5.74, 6) is -0.182. The zero-order valence-electron chi connectivity index (χ0n) is 22.4. The average Bonchev–Trinajstić information content (AvgIpc) is 3.44. The number of ether oxygens (including phenoxy) is 1. The maximum atomic E-state index is 13.7. The van der Waals surface area contributed by atoms with Gasteiger partial charge in [-0.2, -0.15) is 0 Å². The first kappa shape index (κ1) is 28.3. The van der Waals surface area contributed by atoms with Gasteiger partial charge in [-0.05, 0) is 72.2 Å². The average molecular weight is 517 g/mol. The first-order chi connectivity index (χ1) is 17.0. The Bertz CT molecular complexity index is 993. The predicted molar refractivity (Wildman–Crippen MR) is 143 cm³/mol. The fourth-order valence-corrected chi connectivity index (χ4v) is 5.80. The van der Waals surface area contributed by atoms with E-state index in [4.69, 9.17) is 4.74 Å². The Morgan fingerprint density at radius 1 is 1.11 bits per heavy atom. The van der Waals surface area contributed by atoms with Gasteiger partial charge in [-0.25, -0.2) is 4.39 Å². The number of nitrogens with zero attached hydrogens (tertiary/aromatic N) is 2. The zero-order chi connectivity index (χ0) is 26.3. The van der Waals surface area contributed by atoms with Gasteiger partial charge in [0.1, 0.15) is 5.82 Å². The number of carbonyl (C=O) groups excluding carboxylic acids is 2. The van der Waals surface area contributed by atoms with E-state index < -0.39 is 0 Å². The highest BCUT2D eigenvalue weighted by Crippen LogP contribution is 2.27. The number of benzene rings is 1. The lowest BCUT2D eigenvalue weighted by molar-refractivity contribution is -0.143. The molecule has 2 atom stereocenters. The third kappa shape index (κ3) is 9.00. The van der Waals surface area contributed by atoms with Crippen molar-refractivity contribution in [3.63, 3.8) is 0 Å². The number of rotatable bonds is 11. The van der Waals surface area contributed by atoms with Crippen molar-refractivity contribution in [1.82, 2.24) is 9.80 Å². The van der Waals surface area contributed by atoms with Crippen LogP contribution in [0, 0.1) is 24.1 Å². The number of halogens is 1. The smallest absolute Gasteiger partial charge is 0.242 e. The van der Waals surface area contributed by atoms with Gasteiger partial charge in [0.2, 0.25) is 11.8 Å². The van der Waals surface area contributed by atoms with Crippen LogP contribution in [0.15, 0.2) is 35.7 Å². The molecule has 7 heteroatoms. The van der Waals surface area contributed by atoms with Gasteiger partial charge < -0.3 is 14.5 Å². The summed E-state index contributed by atoms with van der Waals surface area (Å²) >= 11 is 1.62. The molecule has 1 aromatic heterocycles. The van der Waals surface area contributed by atoms with Crippen LogP contribution >= 0.6 is 11.3 Å². The minimum absolute atomic E-state index is 0.00429. The van der Waals surface area contributed by atoms with Crippen molar-refractivity contribution in [1.29, 1.82) is 0 Å². The molecule has 2 aromatic rings. The lowest BCUT2D eigenvalue weighted by atomic mass is 9.84. The van der Waals surface area contributed by atoms with Crippen molar-refractivity contribution in [2.24, 2.45) is 11.3 Å². The van der Waals surface area contributed by atoms with Crippen LogP contribution in [0.4, 0.5) is 4.39 Å². The molecule has 5 nitrogen and oxygen atoms in total. The predicted octanol–water partition coefficient (Wildman–Crippen LogP) is 6.19. The highest BCUT2D eigenvalue weighted by atomic mass is 32.1. The topological polar surface area (TPSA) is 49.9 Å². The summed E-state index contributed by atoms with van der Waals surface area (Å²) in [6, 6.07) is 8.29. The lowest BCUT2D eigenvalue weighted by Gasteiger charge is -2.31. The first-order valence-electron chi connectivity index (χ1n) is 12.9. The maximum absolute atomic E-state index is 13.7. The second-order valence-corrected chi connectivity index (χ2v) is 12.4. The molecule has 1 aliphatic rings. The van der Waals surface area contributed by atoms with Crippen molar-refractivity contribution in [2.45, 2.75) is 79.5 Å². The normalized spacial score (nSPS) is 16.7. The Morgan fingerprint density at radius 3 is 2.42 bits per heavy atom. The molecule has 0 aliphatic carbocycles. The summed E-state index contributed by atoms with van der Waals surface area (Å²) in [7, 11) is 0. The second-order valence-electron chi connectivity index (χ2n) is 11.4. The van der Waals surface area contributed by atoms with E-state index in [0.29, 0.717) is 32.7 Å². The summed E-state index contributed by atoms with van der Waals surface area (Å²) < 4.78 is 19.3. The van der Waals surface area contributed by atoms with Crippen LogP contribution in [0.2, 0.25) is 0 Å². The third-order valence-corrected chi connectivity index (χ3v) is 7.56. The highest BCUT2D eigenvalue weighted by Gasteiger charge is 2.28. The van der Waals surface area contributed by atoms with Gasteiger partial charge in [0.25, 0.3) is 0 Å². The van der Waals surface area contributed by atoms with Crippen LogP contribution < -0.4 is 0 Å². The molecular formula is C29H41FN2O3S. The van der Waals surface area contributed by atoms with Crippen molar-refractivity contribution in [3.8, 4) is 0 Å². The molecular weight excluding hydrogens is 475 g/mol. The molecule has 1 aliphatic heterocycles. The molecule has 0 bridgehead atoms. The van der Waals surface area contributed by atoms with E-state index in [1.54, 1.807) is 33.3 Å². The largest absolute Gasteiger partial charge is 0.376 e. The standard InChI is InChI=1S/C29H41FN2O3S/c1-21(16-29(3,4)5)15-27(33)32(18-25-7-6-13-35-25)20-28(34)31(19-26-22(2)12-14-36-26)17-23-8-10-24(30)11-9-23/h8-12,14,21,25H,6-7,13,15-20H2,1-5H3. The quantitative estimate of drug-likeness (QED) is 0.358. The minimum atomic E-state index is -0.302. The van der Waals surface area contributed by atoms with Gasteiger partial charge in [-0.1, -0.05) is 39.8 Å². The highest BCUT2D eigenvalue weighted by molar-refractivity contribution is 7.10. The van der Waals surface area contributed by atoms with Crippen LogP contribution in [0.3, 0.4) is 0 Å². The van der Waals surface area contributed by atoms with Crippen LogP contribution in [0.5, 0.6) is 0 Å². The molecule has 198 valence electrons. The van der Waals surface area contributed by atoms with Crippen LogP contribution in [0.1, 0.15) is 69.4 Å². The van der Waals surface area contributed by atoms with Crippen LogP contribution in [-0.2, 0) is 27.4 Å².